The molecule has 122 valence electrons. The minimum absolute atomic E-state index is 0.702. The van der Waals surface area contributed by atoms with E-state index in [9.17, 15) is 0 Å². The highest BCUT2D eigenvalue weighted by atomic mass is 35.5. The van der Waals surface area contributed by atoms with Gasteiger partial charge in [-0.3, -0.25) is 4.98 Å². The zero-order valence-corrected chi connectivity index (χ0v) is 14.0. The van der Waals surface area contributed by atoms with Gasteiger partial charge in [-0.15, -0.1) is 0 Å². The predicted octanol–water partition coefficient (Wildman–Crippen LogP) is 4.86. The summed E-state index contributed by atoms with van der Waals surface area (Å²) in [4.78, 5) is 4.32. The first-order chi connectivity index (χ1) is 11.8. The van der Waals surface area contributed by atoms with E-state index >= 15 is 0 Å². The van der Waals surface area contributed by atoms with Gasteiger partial charge >= 0.3 is 0 Å². The number of hydrogen-bond acceptors (Lipinski definition) is 3. The van der Waals surface area contributed by atoms with Crippen molar-refractivity contribution < 1.29 is 4.74 Å². The molecule has 0 spiro atoms. The Labute approximate surface area is 147 Å². The summed E-state index contributed by atoms with van der Waals surface area (Å²) in [5.74, 6) is 1.60. The molecule has 0 saturated carbocycles. The maximum atomic E-state index is 5.89. The topological polar surface area (TPSA) is 34.1 Å². The van der Waals surface area contributed by atoms with Crippen molar-refractivity contribution in [1.82, 2.24) is 10.3 Å². The van der Waals surface area contributed by atoms with Gasteiger partial charge in [0.1, 0.15) is 11.5 Å². The van der Waals surface area contributed by atoms with E-state index in [1.54, 1.807) is 0 Å². The van der Waals surface area contributed by atoms with Crippen LogP contribution >= 0.6 is 11.6 Å². The molecule has 1 heterocycles. The maximum absolute atomic E-state index is 5.89. The summed E-state index contributed by atoms with van der Waals surface area (Å²) in [5.41, 5.74) is 2.28. The second kappa shape index (κ2) is 8.48. The number of pyridine rings is 1. The van der Waals surface area contributed by atoms with Crippen LogP contribution in [0.5, 0.6) is 11.5 Å². The van der Waals surface area contributed by atoms with Gasteiger partial charge in [0.05, 0.1) is 0 Å². The van der Waals surface area contributed by atoms with Crippen LogP contribution in [0.15, 0.2) is 72.9 Å². The number of nitrogens with zero attached hydrogens (tertiary/aromatic N) is 1. The van der Waals surface area contributed by atoms with Crippen LogP contribution in [0.3, 0.4) is 0 Å². The van der Waals surface area contributed by atoms with Crippen LogP contribution in [-0.4, -0.2) is 11.5 Å². The molecule has 1 N–H and O–H groups in total. The van der Waals surface area contributed by atoms with E-state index in [0.29, 0.717) is 5.02 Å². The second-order valence-corrected chi connectivity index (χ2v) is 5.89. The molecule has 0 unspecified atom stereocenters. The van der Waals surface area contributed by atoms with E-state index in [1.165, 1.54) is 5.56 Å². The Morgan fingerprint density at radius 1 is 0.917 bits per heavy atom. The molecule has 0 radical (unpaired) electrons. The second-order valence-electron chi connectivity index (χ2n) is 5.45. The molecule has 0 aliphatic carbocycles. The zero-order chi connectivity index (χ0) is 16.6. The molecule has 3 nitrogen and oxygen atoms in total. The van der Waals surface area contributed by atoms with Crippen LogP contribution in [-0.2, 0) is 13.0 Å². The molecular formula is C20H19ClN2O. The average Bonchev–Trinajstić information content (AvgIpc) is 2.62. The highest BCUT2D eigenvalue weighted by Crippen LogP contribution is 2.23. The number of halogens is 1. The molecule has 0 atom stereocenters. The molecule has 2 aromatic carbocycles. The number of hydrogen-bond donors (Lipinski definition) is 1. The minimum atomic E-state index is 0.702. The largest absolute Gasteiger partial charge is 0.457 e. The van der Waals surface area contributed by atoms with E-state index in [2.05, 4.69) is 16.4 Å². The summed E-state index contributed by atoms with van der Waals surface area (Å²) in [7, 11) is 0. The van der Waals surface area contributed by atoms with E-state index in [4.69, 9.17) is 16.3 Å². The molecule has 24 heavy (non-hydrogen) atoms. The Hall–Kier alpha value is -2.36. The first-order valence-corrected chi connectivity index (χ1v) is 8.30. The maximum Gasteiger partial charge on any atom is 0.127 e. The van der Waals surface area contributed by atoms with Crippen LogP contribution in [0.2, 0.25) is 5.02 Å². The van der Waals surface area contributed by atoms with Gasteiger partial charge in [-0.1, -0.05) is 29.8 Å². The summed E-state index contributed by atoms with van der Waals surface area (Å²) in [6.45, 7) is 1.68. The zero-order valence-electron chi connectivity index (χ0n) is 13.3. The van der Waals surface area contributed by atoms with Gasteiger partial charge in [0.2, 0.25) is 0 Å². The third kappa shape index (κ3) is 5.08. The third-order valence-electron chi connectivity index (χ3n) is 3.56. The lowest BCUT2D eigenvalue weighted by Gasteiger charge is -2.09. The molecule has 3 aromatic rings. The Bertz CT molecular complexity index is 760. The minimum Gasteiger partial charge on any atom is -0.457 e. The van der Waals surface area contributed by atoms with E-state index in [0.717, 1.165) is 36.7 Å². The van der Waals surface area contributed by atoms with Crippen molar-refractivity contribution in [2.24, 2.45) is 0 Å². The lowest BCUT2D eigenvalue weighted by atomic mass is 10.2. The van der Waals surface area contributed by atoms with Gasteiger partial charge < -0.3 is 10.1 Å². The molecule has 0 aliphatic rings. The first kappa shape index (κ1) is 16.5. The molecule has 4 heteroatoms. The van der Waals surface area contributed by atoms with Gasteiger partial charge in [-0.25, -0.2) is 0 Å². The van der Waals surface area contributed by atoms with Gasteiger partial charge in [0, 0.05) is 36.4 Å². The highest BCUT2D eigenvalue weighted by molar-refractivity contribution is 6.30. The molecule has 3 rings (SSSR count). The molecule has 0 fully saturated rings. The number of ether oxygens (including phenoxy) is 1. The lowest BCUT2D eigenvalue weighted by molar-refractivity contribution is 0.481. The molecule has 0 aliphatic heterocycles. The van der Waals surface area contributed by atoms with Crippen molar-refractivity contribution in [2.75, 3.05) is 6.54 Å². The van der Waals surface area contributed by atoms with E-state index in [1.807, 2.05) is 66.9 Å². The number of aromatic nitrogens is 1. The van der Waals surface area contributed by atoms with Crippen LogP contribution in [0, 0.1) is 0 Å². The van der Waals surface area contributed by atoms with Crippen molar-refractivity contribution >= 4 is 11.6 Å². The SMILES string of the molecule is Clc1ccc(Oc2cccc(CNCCc3ccccn3)c2)cc1. The van der Waals surface area contributed by atoms with E-state index in [-0.39, 0.29) is 0 Å². The van der Waals surface area contributed by atoms with Gasteiger partial charge in [-0.2, -0.15) is 0 Å². The summed E-state index contributed by atoms with van der Waals surface area (Å²) in [5, 5.41) is 4.14. The summed E-state index contributed by atoms with van der Waals surface area (Å²) in [6.07, 6.45) is 2.74. The average molecular weight is 339 g/mol. The Morgan fingerprint density at radius 2 is 1.79 bits per heavy atom. The summed E-state index contributed by atoms with van der Waals surface area (Å²) in [6, 6.07) is 21.4. The van der Waals surface area contributed by atoms with Gasteiger partial charge in [0.15, 0.2) is 0 Å². The van der Waals surface area contributed by atoms with E-state index < -0.39 is 0 Å². The van der Waals surface area contributed by atoms with Crippen LogP contribution in [0.4, 0.5) is 0 Å². The highest BCUT2D eigenvalue weighted by Gasteiger charge is 2.00. The van der Waals surface area contributed by atoms with Crippen molar-refractivity contribution in [3.63, 3.8) is 0 Å². The van der Waals surface area contributed by atoms with Crippen molar-refractivity contribution in [1.29, 1.82) is 0 Å². The number of nitrogens with one attached hydrogen (secondary N) is 1. The van der Waals surface area contributed by atoms with Crippen LogP contribution < -0.4 is 10.1 Å². The lowest BCUT2D eigenvalue weighted by Crippen LogP contribution is -2.17. The monoisotopic (exact) mass is 338 g/mol. The first-order valence-electron chi connectivity index (χ1n) is 7.92. The fourth-order valence-electron chi connectivity index (χ4n) is 2.35. The Balaban J connectivity index is 1.50. The standard InChI is InChI=1S/C20H19ClN2O/c21-17-7-9-19(10-8-17)24-20-6-3-4-16(14-20)15-22-13-11-18-5-1-2-12-23-18/h1-10,12,14,22H,11,13,15H2. The molecule has 0 amide bonds. The molecule has 0 bridgehead atoms. The normalized spacial score (nSPS) is 10.5. The van der Waals surface area contributed by atoms with Crippen LogP contribution in [0.25, 0.3) is 0 Å². The molecule has 1 aromatic heterocycles. The van der Waals surface area contributed by atoms with Crippen molar-refractivity contribution in [3.8, 4) is 11.5 Å². The fourth-order valence-corrected chi connectivity index (χ4v) is 2.48. The Morgan fingerprint density at radius 3 is 2.58 bits per heavy atom. The number of rotatable bonds is 7. The fraction of sp³-hybridized carbons (Fsp3) is 0.150. The Kier molecular flexibility index (Phi) is 5.83. The van der Waals surface area contributed by atoms with Crippen molar-refractivity contribution in [3.05, 3.63) is 89.2 Å². The summed E-state index contributed by atoms with van der Waals surface area (Å²) < 4.78 is 5.85. The van der Waals surface area contributed by atoms with Gasteiger partial charge in [-0.05, 0) is 54.1 Å². The van der Waals surface area contributed by atoms with Crippen molar-refractivity contribution in [2.45, 2.75) is 13.0 Å². The van der Waals surface area contributed by atoms with Gasteiger partial charge in [0.25, 0.3) is 0 Å². The predicted molar refractivity (Wildman–Crippen MR) is 97.6 cm³/mol. The molecular weight excluding hydrogens is 320 g/mol. The van der Waals surface area contributed by atoms with Crippen LogP contribution in [0.1, 0.15) is 11.3 Å². The number of benzene rings is 2. The third-order valence-corrected chi connectivity index (χ3v) is 3.81. The quantitative estimate of drug-likeness (QED) is 0.625. The summed E-state index contributed by atoms with van der Waals surface area (Å²) >= 11 is 5.89. The molecule has 0 saturated heterocycles. The smallest absolute Gasteiger partial charge is 0.127 e.